The molecule has 0 radical (unpaired) electrons. The first-order chi connectivity index (χ1) is 14.9. The second kappa shape index (κ2) is 10.7. The number of nitrogens with zero attached hydrogens (tertiary/aromatic N) is 4. The van der Waals surface area contributed by atoms with Gasteiger partial charge in [-0.25, -0.2) is 4.98 Å². The molecule has 6 heteroatoms. The van der Waals surface area contributed by atoms with Crippen LogP contribution in [-0.4, -0.2) is 65.2 Å². The third-order valence-electron chi connectivity index (χ3n) is 6.69. The molecule has 2 unspecified atom stereocenters. The number of hydrogen-bond donors (Lipinski definition) is 1. The Labute approximate surface area is 198 Å². The Hall–Kier alpha value is -2.08. The van der Waals surface area contributed by atoms with Crippen LogP contribution < -0.4 is 4.90 Å². The molecule has 2 aliphatic rings. The zero-order valence-electron chi connectivity index (χ0n) is 18.6. The van der Waals surface area contributed by atoms with Crippen LogP contribution in [0.2, 0.25) is 5.02 Å². The average Bonchev–Trinajstić information content (AvgIpc) is 2.76. The molecule has 0 bridgehead atoms. The van der Waals surface area contributed by atoms with Gasteiger partial charge in [0.15, 0.2) is 11.6 Å². The highest BCUT2D eigenvalue weighted by atomic mass is 35.5. The quantitative estimate of drug-likeness (QED) is 0.674. The number of aromatic hydroxyl groups is 1. The minimum Gasteiger partial charge on any atom is -0.504 e. The maximum absolute atomic E-state index is 10.4. The fraction of sp³-hybridized carbons (Fsp3) is 0.500. The summed E-state index contributed by atoms with van der Waals surface area (Å²) in [6.45, 7) is 15.3. The molecule has 4 rings (SSSR count). The number of piperazine rings is 1. The Morgan fingerprint density at radius 3 is 2.44 bits per heavy atom. The average molecular weight is 457 g/mol. The van der Waals surface area contributed by atoms with Crippen molar-refractivity contribution in [2.75, 3.05) is 44.2 Å². The van der Waals surface area contributed by atoms with E-state index in [1.54, 1.807) is 6.07 Å². The van der Waals surface area contributed by atoms with E-state index >= 15 is 0 Å². The molecule has 5 nitrogen and oxygen atoms in total. The molecule has 1 aromatic heterocycles. The number of halogens is 1. The smallest absolute Gasteiger partial charge is 0.171 e. The number of anilines is 1. The van der Waals surface area contributed by atoms with Gasteiger partial charge in [0, 0.05) is 56.5 Å². The molecule has 2 saturated heterocycles. The first-order valence-corrected chi connectivity index (χ1v) is 11.6. The Morgan fingerprint density at radius 2 is 1.84 bits per heavy atom. The Morgan fingerprint density at radius 1 is 1.16 bits per heavy atom. The molecule has 0 spiro atoms. The van der Waals surface area contributed by atoms with Crippen molar-refractivity contribution in [1.29, 1.82) is 0 Å². The largest absolute Gasteiger partial charge is 0.504 e. The Balaban J connectivity index is 0.00000289. The summed E-state index contributed by atoms with van der Waals surface area (Å²) in [5, 5.41) is 11.2. The van der Waals surface area contributed by atoms with Gasteiger partial charge in [0.05, 0.1) is 0 Å². The lowest BCUT2D eigenvalue weighted by molar-refractivity contribution is 0.0567. The number of allylic oxidation sites excluding steroid dienone is 1. The molecule has 2 aliphatic heterocycles. The minimum atomic E-state index is 0. The van der Waals surface area contributed by atoms with Gasteiger partial charge in [-0.05, 0) is 60.7 Å². The van der Waals surface area contributed by atoms with Crippen LogP contribution in [0.3, 0.4) is 0 Å². The number of likely N-dealkylation sites (tertiary alicyclic amines) is 1. The summed E-state index contributed by atoms with van der Waals surface area (Å²) in [6, 6.07) is 10.6. The van der Waals surface area contributed by atoms with Gasteiger partial charge >= 0.3 is 0 Å². The third kappa shape index (κ3) is 5.64. The van der Waals surface area contributed by atoms with Gasteiger partial charge in [0.2, 0.25) is 0 Å². The molecule has 0 saturated carbocycles. The number of benzene rings is 1. The van der Waals surface area contributed by atoms with Gasteiger partial charge in [-0.1, -0.05) is 44.7 Å². The third-order valence-corrected chi connectivity index (χ3v) is 6.94. The van der Waals surface area contributed by atoms with E-state index < -0.39 is 0 Å². The molecule has 1 aromatic carbocycles. The number of pyridine rings is 1. The second-order valence-electron chi connectivity index (χ2n) is 9.06. The van der Waals surface area contributed by atoms with E-state index in [4.69, 9.17) is 11.6 Å². The number of hydrogen-bond acceptors (Lipinski definition) is 5. The first kappa shape index (κ1) is 24.6. The van der Waals surface area contributed by atoms with E-state index in [2.05, 4.69) is 45.3 Å². The second-order valence-corrected chi connectivity index (χ2v) is 9.50. The van der Waals surface area contributed by atoms with E-state index in [1.165, 1.54) is 12.0 Å². The predicted molar refractivity (Wildman–Crippen MR) is 135 cm³/mol. The highest BCUT2D eigenvalue weighted by Gasteiger charge is 2.32. The van der Waals surface area contributed by atoms with Crippen molar-refractivity contribution in [3.63, 3.8) is 0 Å². The summed E-state index contributed by atoms with van der Waals surface area (Å²) in [6.07, 6.45) is 3.01. The molecule has 2 fully saturated rings. The van der Waals surface area contributed by atoms with Crippen LogP contribution in [0.15, 0.2) is 43.1 Å². The predicted octanol–water partition coefficient (Wildman–Crippen LogP) is 5.14. The Bertz CT molecular complexity index is 909. The molecule has 0 amide bonds. The first-order valence-electron chi connectivity index (χ1n) is 11.2. The van der Waals surface area contributed by atoms with Crippen molar-refractivity contribution in [3.8, 4) is 5.75 Å². The van der Waals surface area contributed by atoms with Gasteiger partial charge in [0.25, 0.3) is 0 Å². The standard InChI is InChI=1S/C25H33ClN4O.CH4/c1-18(2)21-14-24(31)25(27-15-21)30-12-10-29(11-13-30)23-8-9-28(16-19(23)3)17-20-4-6-22(26)7-5-20;/h4-7,14-15,19,23,31H,1,8-13,16-17H2,2-3H3;1H4. The van der Waals surface area contributed by atoms with Gasteiger partial charge in [-0.15, -0.1) is 0 Å². The van der Waals surface area contributed by atoms with Crippen LogP contribution in [-0.2, 0) is 6.54 Å². The van der Waals surface area contributed by atoms with Crippen LogP contribution in [0.25, 0.3) is 5.57 Å². The molecule has 2 aromatic rings. The summed E-state index contributed by atoms with van der Waals surface area (Å²) in [4.78, 5) is 11.9. The topological polar surface area (TPSA) is 42.8 Å². The normalized spacial score (nSPS) is 22.4. The van der Waals surface area contributed by atoms with E-state index in [0.29, 0.717) is 17.8 Å². The lowest BCUT2D eigenvalue weighted by Gasteiger charge is -2.46. The van der Waals surface area contributed by atoms with Crippen molar-refractivity contribution in [3.05, 3.63) is 59.3 Å². The van der Waals surface area contributed by atoms with E-state index in [9.17, 15) is 5.11 Å². The van der Waals surface area contributed by atoms with E-state index in [-0.39, 0.29) is 13.2 Å². The van der Waals surface area contributed by atoms with Gasteiger partial charge < -0.3 is 10.0 Å². The number of rotatable bonds is 5. The number of piperidine rings is 1. The molecule has 0 aliphatic carbocycles. The molecule has 32 heavy (non-hydrogen) atoms. The van der Waals surface area contributed by atoms with Crippen molar-refractivity contribution in [2.45, 2.75) is 40.3 Å². The van der Waals surface area contributed by atoms with Crippen molar-refractivity contribution in [2.24, 2.45) is 5.92 Å². The SMILES string of the molecule is C.C=C(C)c1cnc(N2CCN(C3CCN(Cc4ccc(Cl)cc4)CC3C)CC2)c(O)c1. The van der Waals surface area contributed by atoms with Crippen molar-refractivity contribution < 1.29 is 5.11 Å². The maximum atomic E-state index is 10.4. The van der Waals surface area contributed by atoms with Crippen LogP contribution in [0.5, 0.6) is 5.75 Å². The van der Waals surface area contributed by atoms with Crippen LogP contribution in [0.1, 0.15) is 38.8 Å². The van der Waals surface area contributed by atoms with E-state index in [0.717, 1.165) is 62.0 Å². The maximum Gasteiger partial charge on any atom is 0.171 e. The van der Waals surface area contributed by atoms with Crippen LogP contribution >= 0.6 is 11.6 Å². The van der Waals surface area contributed by atoms with E-state index in [1.807, 2.05) is 25.3 Å². The molecule has 174 valence electrons. The molecular weight excluding hydrogens is 420 g/mol. The summed E-state index contributed by atoms with van der Waals surface area (Å²) in [7, 11) is 0. The van der Waals surface area contributed by atoms with Gasteiger partial charge in [-0.3, -0.25) is 9.80 Å². The van der Waals surface area contributed by atoms with Crippen LogP contribution in [0, 0.1) is 5.92 Å². The van der Waals surface area contributed by atoms with Gasteiger partial charge in [-0.2, -0.15) is 0 Å². The van der Waals surface area contributed by atoms with Crippen molar-refractivity contribution in [1.82, 2.24) is 14.8 Å². The molecule has 2 atom stereocenters. The minimum absolute atomic E-state index is 0. The zero-order chi connectivity index (χ0) is 22.0. The molecule has 3 heterocycles. The van der Waals surface area contributed by atoms with Crippen LogP contribution in [0.4, 0.5) is 5.82 Å². The lowest BCUT2D eigenvalue weighted by atomic mass is 9.91. The number of aromatic nitrogens is 1. The highest BCUT2D eigenvalue weighted by molar-refractivity contribution is 6.30. The van der Waals surface area contributed by atoms with Crippen molar-refractivity contribution >= 4 is 23.0 Å². The summed E-state index contributed by atoms with van der Waals surface area (Å²) >= 11 is 6.02. The molecular formula is C26H37ClN4O. The Kier molecular flexibility index (Phi) is 8.21. The summed E-state index contributed by atoms with van der Waals surface area (Å²) in [5.41, 5.74) is 3.13. The summed E-state index contributed by atoms with van der Waals surface area (Å²) < 4.78 is 0. The monoisotopic (exact) mass is 456 g/mol. The fourth-order valence-electron chi connectivity index (χ4n) is 4.94. The molecule has 1 N–H and O–H groups in total. The highest BCUT2D eigenvalue weighted by Crippen LogP contribution is 2.30. The zero-order valence-corrected chi connectivity index (χ0v) is 19.4. The summed E-state index contributed by atoms with van der Waals surface area (Å²) in [5.74, 6) is 1.57. The van der Waals surface area contributed by atoms with Gasteiger partial charge in [0.1, 0.15) is 0 Å². The fourth-order valence-corrected chi connectivity index (χ4v) is 5.07. The lowest BCUT2D eigenvalue weighted by Crippen LogP contribution is -2.56.